The number of urea groups is 1. The maximum Gasteiger partial charge on any atom is 0.321 e. The number of imide groups is 1. The third-order valence-corrected chi connectivity index (χ3v) is 2.91. The zero-order valence-corrected chi connectivity index (χ0v) is 12.2. The van der Waals surface area contributed by atoms with Crippen LogP contribution in [0.25, 0.3) is 0 Å². The first-order valence-electron chi connectivity index (χ1n) is 5.84. The van der Waals surface area contributed by atoms with Crippen molar-refractivity contribution >= 4 is 23.7 Å². The molecule has 0 saturated carbocycles. The number of nitrogens with one attached hydrogen (secondary N) is 2. The first-order valence-corrected chi connectivity index (χ1v) is 6.72. The highest BCUT2D eigenvalue weighted by atomic mass is 32.2. The second-order valence-corrected chi connectivity index (χ2v) is 6.29. The largest absolute Gasteiger partial charge is 0.333 e. The van der Waals surface area contributed by atoms with Gasteiger partial charge in [-0.1, -0.05) is 11.8 Å². The van der Waals surface area contributed by atoms with Gasteiger partial charge in [-0.25, -0.2) is 14.8 Å². The molecule has 1 aromatic heterocycles. The van der Waals surface area contributed by atoms with Crippen molar-refractivity contribution in [3.05, 3.63) is 18.5 Å². The van der Waals surface area contributed by atoms with Crippen LogP contribution in [0.5, 0.6) is 0 Å². The number of amides is 3. The molecule has 0 aliphatic rings. The van der Waals surface area contributed by atoms with Crippen LogP contribution < -0.4 is 10.6 Å². The molecule has 19 heavy (non-hydrogen) atoms. The molecule has 1 heterocycles. The molecule has 104 valence electrons. The third kappa shape index (κ3) is 6.19. The Morgan fingerprint density at radius 3 is 2.37 bits per heavy atom. The fourth-order valence-electron chi connectivity index (χ4n) is 1.14. The van der Waals surface area contributed by atoms with Gasteiger partial charge in [0.25, 0.3) is 0 Å². The van der Waals surface area contributed by atoms with Crippen molar-refractivity contribution in [2.75, 3.05) is 0 Å². The van der Waals surface area contributed by atoms with Gasteiger partial charge in [0.15, 0.2) is 5.16 Å². The van der Waals surface area contributed by atoms with Gasteiger partial charge < -0.3 is 5.32 Å². The highest BCUT2D eigenvalue weighted by Gasteiger charge is 2.20. The maximum absolute atomic E-state index is 11.8. The molecule has 0 aliphatic carbocycles. The second-order valence-electron chi connectivity index (χ2n) is 4.98. The molecule has 0 bridgehead atoms. The van der Waals surface area contributed by atoms with Crippen molar-refractivity contribution in [2.45, 2.75) is 43.6 Å². The minimum absolute atomic E-state index is 0.376. The minimum atomic E-state index is -0.501. The molecule has 7 heteroatoms. The molecule has 1 aromatic rings. The fraction of sp³-hybridized carbons (Fsp3) is 0.500. The van der Waals surface area contributed by atoms with Gasteiger partial charge in [0.05, 0.1) is 5.25 Å². The fourth-order valence-corrected chi connectivity index (χ4v) is 1.87. The van der Waals surface area contributed by atoms with E-state index in [1.807, 2.05) is 20.8 Å². The first kappa shape index (κ1) is 15.4. The van der Waals surface area contributed by atoms with Gasteiger partial charge >= 0.3 is 6.03 Å². The summed E-state index contributed by atoms with van der Waals surface area (Å²) in [4.78, 5) is 31.4. The standard InChI is InChI=1S/C12H18N4O2S/c1-8(19-11-13-6-5-7-14-11)9(17)15-10(18)16-12(2,3)4/h5-8H,1-4H3,(H2,15,16,17,18). The molecule has 0 radical (unpaired) electrons. The molecule has 0 fully saturated rings. The summed E-state index contributed by atoms with van der Waals surface area (Å²) < 4.78 is 0. The number of hydrogen-bond donors (Lipinski definition) is 2. The summed E-state index contributed by atoms with van der Waals surface area (Å²) >= 11 is 1.20. The Morgan fingerprint density at radius 1 is 1.26 bits per heavy atom. The van der Waals surface area contributed by atoms with Crippen molar-refractivity contribution in [1.82, 2.24) is 20.6 Å². The Hall–Kier alpha value is -1.63. The maximum atomic E-state index is 11.8. The predicted octanol–water partition coefficient (Wildman–Crippen LogP) is 1.58. The van der Waals surface area contributed by atoms with E-state index in [1.54, 1.807) is 25.4 Å². The van der Waals surface area contributed by atoms with E-state index >= 15 is 0 Å². The molecule has 1 rings (SSSR count). The van der Waals surface area contributed by atoms with Gasteiger partial charge in [-0.05, 0) is 33.8 Å². The van der Waals surface area contributed by atoms with Gasteiger partial charge in [-0.2, -0.15) is 0 Å². The number of carbonyl (C=O) groups excluding carboxylic acids is 2. The molecule has 0 aromatic carbocycles. The molecule has 1 unspecified atom stereocenters. The second kappa shape index (κ2) is 6.51. The van der Waals surface area contributed by atoms with Crippen LogP contribution in [-0.2, 0) is 4.79 Å². The lowest BCUT2D eigenvalue weighted by Gasteiger charge is -2.21. The van der Waals surface area contributed by atoms with Gasteiger partial charge in [-0.15, -0.1) is 0 Å². The molecular formula is C12H18N4O2S. The van der Waals surface area contributed by atoms with Crippen LogP contribution >= 0.6 is 11.8 Å². The van der Waals surface area contributed by atoms with Gasteiger partial charge in [0.2, 0.25) is 5.91 Å². The zero-order valence-electron chi connectivity index (χ0n) is 11.4. The summed E-state index contributed by atoms with van der Waals surface area (Å²) in [6, 6.07) is 1.20. The monoisotopic (exact) mass is 282 g/mol. The topological polar surface area (TPSA) is 84.0 Å². The van der Waals surface area contributed by atoms with Crippen LogP contribution in [0.4, 0.5) is 4.79 Å². The van der Waals surface area contributed by atoms with Gasteiger partial charge in [-0.3, -0.25) is 10.1 Å². The first-order chi connectivity index (χ1) is 8.78. The highest BCUT2D eigenvalue weighted by Crippen LogP contribution is 2.18. The molecule has 2 N–H and O–H groups in total. The predicted molar refractivity (Wildman–Crippen MR) is 73.8 cm³/mol. The SMILES string of the molecule is CC(Sc1ncccn1)C(=O)NC(=O)NC(C)(C)C. The van der Waals surface area contributed by atoms with E-state index in [2.05, 4.69) is 20.6 Å². The Labute approximate surface area is 116 Å². The molecule has 3 amide bonds. The molecule has 6 nitrogen and oxygen atoms in total. The third-order valence-electron chi connectivity index (χ3n) is 1.92. The summed E-state index contributed by atoms with van der Waals surface area (Å²) in [6.45, 7) is 7.22. The number of rotatable bonds is 3. The lowest BCUT2D eigenvalue weighted by Crippen LogP contribution is -2.49. The average Bonchev–Trinajstić information content (AvgIpc) is 2.27. The van der Waals surface area contributed by atoms with Crippen LogP contribution in [-0.4, -0.2) is 32.7 Å². The van der Waals surface area contributed by atoms with E-state index in [-0.39, 0.29) is 11.4 Å². The van der Waals surface area contributed by atoms with Crippen molar-refractivity contribution in [2.24, 2.45) is 0 Å². The van der Waals surface area contributed by atoms with E-state index in [9.17, 15) is 9.59 Å². The number of thioether (sulfide) groups is 1. The van der Waals surface area contributed by atoms with Gasteiger partial charge in [0.1, 0.15) is 0 Å². The number of nitrogens with zero attached hydrogens (tertiary/aromatic N) is 2. The summed E-state index contributed by atoms with van der Waals surface area (Å²) in [6.07, 6.45) is 3.21. The van der Waals surface area contributed by atoms with Crippen LogP contribution in [0, 0.1) is 0 Å². The molecule has 0 saturated heterocycles. The Bertz CT molecular complexity index is 445. The molecule has 0 aliphatic heterocycles. The lowest BCUT2D eigenvalue weighted by atomic mass is 10.1. The van der Waals surface area contributed by atoms with Gasteiger partial charge in [0, 0.05) is 17.9 Å². The quantitative estimate of drug-likeness (QED) is 0.649. The van der Waals surface area contributed by atoms with Crippen LogP contribution in [0.1, 0.15) is 27.7 Å². The van der Waals surface area contributed by atoms with E-state index < -0.39 is 11.3 Å². The highest BCUT2D eigenvalue weighted by molar-refractivity contribution is 8.00. The molecule has 1 atom stereocenters. The van der Waals surface area contributed by atoms with Crippen molar-refractivity contribution in [1.29, 1.82) is 0 Å². The average molecular weight is 282 g/mol. The Kier molecular flexibility index (Phi) is 5.29. The zero-order chi connectivity index (χ0) is 14.5. The van der Waals surface area contributed by atoms with Crippen LogP contribution in [0.15, 0.2) is 23.6 Å². The van der Waals surface area contributed by atoms with Crippen LogP contribution in [0.3, 0.4) is 0 Å². The normalized spacial score (nSPS) is 12.6. The Morgan fingerprint density at radius 2 is 1.84 bits per heavy atom. The van der Waals surface area contributed by atoms with Crippen molar-refractivity contribution in [3.8, 4) is 0 Å². The summed E-state index contributed by atoms with van der Waals surface area (Å²) in [5, 5.41) is 5.00. The molecular weight excluding hydrogens is 264 g/mol. The summed E-state index contributed by atoms with van der Waals surface area (Å²) in [7, 11) is 0. The Balaban J connectivity index is 2.47. The van der Waals surface area contributed by atoms with Crippen molar-refractivity contribution in [3.63, 3.8) is 0 Å². The summed E-state index contributed by atoms with van der Waals surface area (Å²) in [5.41, 5.74) is -0.386. The lowest BCUT2D eigenvalue weighted by molar-refractivity contribution is -0.119. The van der Waals surface area contributed by atoms with Crippen molar-refractivity contribution < 1.29 is 9.59 Å². The number of aromatic nitrogens is 2. The van der Waals surface area contributed by atoms with E-state index in [0.29, 0.717) is 5.16 Å². The van der Waals surface area contributed by atoms with E-state index in [1.165, 1.54) is 11.8 Å². The number of carbonyl (C=O) groups is 2. The van der Waals surface area contributed by atoms with E-state index in [4.69, 9.17) is 0 Å². The van der Waals surface area contributed by atoms with Crippen LogP contribution in [0.2, 0.25) is 0 Å². The molecule has 0 spiro atoms. The van der Waals surface area contributed by atoms with E-state index in [0.717, 1.165) is 0 Å². The smallest absolute Gasteiger partial charge is 0.321 e. The minimum Gasteiger partial charge on any atom is -0.333 e. The summed E-state index contributed by atoms with van der Waals surface area (Å²) in [5.74, 6) is -0.376. The number of hydrogen-bond acceptors (Lipinski definition) is 5.